The number of likely N-dealkylation sites (N-methyl/N-ethyl adjacent to an activating group) is 1. The van der Waals surface area contributed by atoms with Crippen molar-refractivity contribution in [1.82, 2.24) is 9.62 Å². The maximum Gasteiger partial charge on any atom is 0.242 e. The third kappa shape index (κ3) is 3.43. The van der Waals surface area contributed by atoms with Crippen molar-refractivity contribution in [3.63, 3.8) is 0 Å². The summed E-state index contributed by atoms with van der Waals surface area (Å²) in [5.41, 5.74) is 5.11. The van der Waals surface area contributed by atoms with Gasteiger partial charge in [-0.3, -0.25) is 0 Å². The molecule has 1 saturated carbocycles. The van der Waals surface area contributed by atoms with Gasteiger partial charge in [0.15, 0.2) is 0 Å². The summed E-state index contributed by atoms with van der Waals surface area (Å²) in [4.78, 5) is 1.90. The summed E-state index contributed by atoms with van der Waals surface area (Å²) in [7, 11) is -1.80. The molecule has 7 heteroatoms. The average Bonchev–Trinajstić information content (AvgIpc) is 3.16. The Kier molecular flexibility index (Phi) is 4.07. The van der Waals surface area contributed by atoms with Gasteiger partial charge in [-0.25, -0.2) is 17.5 Å². The van der Waals surface area contributed by atoms with E-state index in [0.717, 1.165) is 6.07 Å². The predicted octanol–water partition coefficient (Wildman–Crippen LogP) is 0.780. The first-order valence-corrected chi connectivity index (χ1v) is 7.64. The molecular weight excluding hydrogens is 269 g/mol. The maximum absolute atomic E-state index is 13.2. The van der Waals surface area contributed by atoms with E-state index in [-0.39, 0.29) is 17.1 Å². The number of nitrogens with two attached hydrogens (primary N) is 1. The predicted molar refractivity (Wildman–Crippen MR) is 71.7 cm³/mol. The Labute approximate surface area is 112 Å². The molecule has 1 aromatic rings. The molecule has 19 heavy (non-hydrogen) atoms. The van der Waals surface area contributed by atoms with Crippen molar-refractivity contribution in [3.05, 3.63) is 24.0 Å². The lowest BCUT2D eigenvalue weighted by Gasteiger charge is -2.16. The molecule has 0 unspecified atom stereocenters. The number of hydrogen-bond acceptors (Lipinski definition) is 4. The van der Waals surface area contributed by atoms with Gasteiger partial charge in [0.05, 0.1) is 5.69 Å². The van der Waals surface area contributed by atoms with Gasteiger partial charge in [0, 0.05) is 19.1 Å². The van der Waals surface area contributed by atoms with Crippen LogP contribution in [0.2, 0.25) is 0 Å². The monoisotopic (exact) mass is 287 g/mol. The van der Waals surface area contributed by atoms with Crippen LogP contribution in [0.4, 0.5) is 10.1 Å². The first kappa shape index (κ1) is 14.2. The molecule has 0 bridgehead atoms. The normalized spacial score (nSPS) is 15.9. The van der Waals surface area contributed by atoms with Crippen LogP contribution in [-0.4, -0.2) is 39.5 Å². The quantitative estimate of drug-likeness (QED) is 0.758. The van der Waals surface area contributed by atoms with Crippen molar-refractivity contribution >= 4 is 15.7 Å². The highest BCUT2D eigenvalue weighted by atomic mass is 32.2. The van der Waals surface area contributed by atoms with Crippen LogP contribution in [-0.2, 0) is 10.0 Å². The van der Waals surface area contributed by atoms with E-state index in [2.05, 4.69) is 9.62 Å². The minimum atomic E-state index is -3.76. The lowest BCUT2D eigenvalue weighted by atomic mass is 10.3. The van der Waals surface area contributed by atoms with Crippen molar-refractivity contribution < 1.29 is 12.8 Å². The summed E-state index contributed by atoms with van der Waals surface area (Å²) < 4.78 is 39.7. The number of hydrogen-bond donors (Lipinski definition) is 2. The molecule has 1 aromatic carbocycles. The SMILES string of the molecule is CN(CCNS(=O)(=O)c1cccc(F)c1N)C1CC1. The Morgan fingerprint density at radius 1 is 1.47 bits per heavy atom. The van der Waals surface area contributed by atoms with E-state index in [0.29, 0.717) is 12.6 Å². The van der Waals surface area contributed by atoms with E-state index < -0.39 is 15.8 Å². The highest BCUT2D eigenvalue weighted by Crippen LogP contribution is 2.25. The molecule has 0 saturated heterocycles. The Morgan fingerprint density at radius 3 is 2.79 bits per heavy atom. The second-order valence-electron chi connectivity index (χ2n) is 4.76. The third-order valence-corrected chi connectivity index (χ3v) is 4.75. The molecule has 0 radical (unpaired) electrons. The van der Waals surface area contributed by atoms with E-state index in [9.17, 15) is 12.8 Å². The molecule has 2 rings (SSSR count). The molecule has 0 amide bonds. The molecule has 0 aromatic heterocycles. The van der Waals surface area contributed by atoms with Crippen LogP contribution >= 0.6 is 0 Å². The van der Waals surface area contributed by atoms with Gasteiger partial charge in [-0.1, -0.05) is 6.07 Å². The van der Waals surface area contributed by atoms with Crippen LogP contribution in [0.25, 0.3) is 0 Å². The van der Waals surface area contributed by atoms with Gasteiger partial charge in [0.25, 0.3) is 0 Å². The second kappa shape index (κ2) is 5.44. The Hall–Kier alpha value is -1.18. The van der Waals surface area contributed by atoms with Crippen molar-refractivity contribution in [2.45, 2.75) is 23.8 Å². The number of nitrogens with zero attached hydrogens (tertiary/aromatic N) is 1. The average molecular weight is 287 g/mol. The van der Waals surface area contributed by atoms with E-state index in [1.165, 1.54) is 25.0 Å². The van der Waals surface area contributed by atoms with Crippen LogP contribution < -0.4 is 10.5 Å². The third-order valence-electron chi connectivity index (χ3n) is 3.23. The lowest BCUT2D eigenvalue weighted by Crippen LogP contribution is -2.34. The Bertz CT molecular complexity index is 558. The van der Waals surface area contributed by atoms with Gasteiger partial charge in [-0.2, -0.15) is 0 Å². The van der Waals surface area contributed by atoms with E-state index >= 15 is 0 Å². The molecule has 106 valence electrons. The van der Waals surface area contributed by atoms with Crippen molar-refractivity contribution in [3.8, 4) is 0 Å². The highest BCUT2D eigenvalue weighted by molar-refractivity contribution is 7.89. The molecule has 1 fully saturated rings. The second-order valence-corrected chi connectivity index (χ2v) is 6.50. The van der Waals surface area contributed by atoms with Crippen LogP contribution in [0.3, 0.4) is 0 Å². The number of halogens is 1. The summed E-state index contributed by atoms with van der Waals surface area (Å²) in [5, 5.41) is 0. The molecule has 1 aliphatic rings. The van der Waals surface area contributed by atoms with E-state index in [4.69, 9.17) is 5.73 Å². The number of nitrogen functional groups attached to an aromatic ring is 1. The summed E-state index contributed by atoms with van der Waals surface area (Å²) in [6, 6.07) is 4.33. The minimum absolute atomic E-state index is 0.207. The van der Waals surface area contributed by atoms with Crippen LogP contribution in [0.1, 0.15) is 12.8 Å². The zero-order chi connectivity index (χ0) is 14.0. The van der Waals surface area contributed by atoms with Gasteiger partial charge in [-0.15, -0.1) is 0 Å². The van der Waals surface area contributed by atoms with Gasteiger partial charge in [0.2, 0.25) is 10.0 Å². The molecule has 1 aliphatic carbocycles. The fraction of sp³-hybridized carbons (Fsp3) is 0.500. The first-order valence-electron chi connectivity index (χ1n) is 6.15. The largest absolute Gasteiger partial charge is 0.395 e. The molecule has 5 nitrogen and oxygen atoms in total. The maximum atomic E-state index is 13.2. The summed E-state index contributed by atoms with van der Waals surface area (Å²) in [6.07, 6.45) is 2.33. The molecule has 3 N–H and O–H groups in total. The van der Waals surface area contributed by atoms with Gasteiger partial charge >= 0.3 is 0 Å². The fourth-order valence-electron chi connectivity index (χ4n) is 1.88. The lowest BCUT2D eigenvalue weighted by molar-refractivity contribution is 0.329. The standard InChI is InChI=1S/C12H18FN3O2S/c1-16(9-5-6-9)8-7-15-19(17,18)11-4-2-3-10(13)12(11)14/h2-4,9,15H,5-8,14H2,1H3. The van der Waals surface area contributed by atoms with Gasteiger partial charge < -0.3 is 10.6 Å². The number of nitrogens with one attached hydrogen (secondary N) is 1. The Balaban J connectivity index is 1.99. The number of para-hydroxylation sites is 1. The molecule has 0 heterocycles. The summed E-state index contributed by atoms with van der Waals surface area (Å²) in [6.45, 7) is 0.907. The number of sulfonamides is 1. The van der Waals surface area contributed by atoms with Crippen LogP contribution in [0, 0.1) is 5.82 Å². The zero-order valence-electron chi connectivity index (χ0n) is 10.8. The molecule has 0 spiro atoms. The van der Waals surface area contributed by atoms with E-state index in [1.807, 2.05) is 7.05 Å². The van der Waals surface area contributed by atoms with Gasteiger partial charge in [0.1, 0.15) is 10.7 Å². The van der Waals surface area contributed by atoms with Crippen molar-refractivity contribution in [1.29, 1.82) is 0 Å². The summed E-state index contributed by atoms with van der Waals surface area (Å²) in [5.74, 6) is -0.724. The Morgan fingerprint density at radius 2 is 2.16 bits per heavy atom. The van der Waals surface area contributed by atoms with Crippen molar-refractivity contribution in [2.75, 3.05) is 25.9 Å². The van der Waals surface area contributed by atoms with Crippen molar-refractivity contribution in [2.24, 2.45) is 0 Å². The molecule has 0 atom stereocenters. The van der Waals surface area contributed by atoms with Crippen LogP contribution in [0.5, 0.6) is 0 Å². The topological polar surface area (TPSA) is 75.4 Å². The first-order chi connectivity index (χ1) is 8.92. The summed E-state index contributed by atoms with van der Waals surface area (Å²) >= 11 is 0. The molecule has 0 aliphatic heterocycles. The van der Waals surface area contributed by atoms with E-state index in [1.54, 1.807) is 0 Å². The fourth-order valence-corrected chi connectivity index (χ4v) is 3.04. The number of rotatable bonds is 6. The number of anilines is 1. The van der Waals surface area contributed by atoms with Gasteiger partial charge in [-0.05, 0) is 32.0 Å². The smallest absolute Gasteiger partial charge is 0.242 e. The molecular formula is C12H18FN3O2S. The zero-order valence-corrected chi connectivity index (χ0v) is 11.6. The highest BCUT2D eigenvalue weighted by Gasteiger charge is 2.26. The van der Waals surface area contributed by atoms with Crippen LogP contribution in [0.15, 0.2) is 23.1 Å². The number of benzene rings is 1. The minimum Gasteiger partial charge on any atom is -0.395 e.